The van der Waals surface area contributed by atoms with Crippen LogP contribution in [0.3, 0.4) is 0 Å². The minimum atomic E-state index is -0.101. The summed E-state index contributed by atoms with van der Waals surface area (Å²) >= 11 is 0. The Morgan fingerprint density at radius 2 is 1.80 bits per heavy atom. The van der Waals surface area contributed by atoms with Crippen LogP contribution in [0.4, 0.5) is 5.69 Å². The van der Waals surface area contributed by atoms with E-state index < -0.39 is 0 Å². The van der Waals surface area contributed by atoms with Crippen LogP contribution in [0.5, 0.6) is 11.5 Å². The topological polar surface area (TPSA) is 77.7 Å². The molecule has 0 saturated carbocycles. The minimum Gasteiger partial charge on any atom is -0.497 e. The number of methoxy groups -OCH3 is 2. The van der Waals surface area contributed by atoms with Crippen LogP contribution in [0.2, 0.25) is 0 Å². The Labute approximate surface area is 174 Å². The largest absolute Gasteiger partial charge is 0.497 e. The zero-order chi connectivity index (χ0) is 20.7. The second-order valence-corrected chi connectivity index (χ2v) is 7.77. The molecule has 1 aliphatic heterocycles. The van der Waals surface area contributed by atoms with E-state index in [1.54, 1.807) is 20.3 Å². The van der Waals surface area contributed by atoms with E-state index in [1.807, 2.05) is 17.0 Å². The summed E-state index contributed by atoms with van der Waals surface area (Å²) in [5.74, 6) is 2.20. The lowest BCUT2D eigenvalue weighted by molar-refractivity contribution is -0.117. The van der Waals surface area contributed by atoms with Crippen LogP contribution in [0.15, 0.2) is 40.9 Å². The van der Waals surface area contributed by atoms with Crippen molar-refractivity contribution in [3.05, 3.63) is 53.3 Å². The third-order valence-corrected chi connectivity index (χ3v) is 5.92. The van der Waals surface area contributed by atoms with Crippen LogP contribution in [0.25, 0.3) is 11.5 Å². The SMILES string of the molecule is COc1cc(OC)cc(-c2nc(C3CC(=O)N(c4ccc5c(c4)CCC5)C3)no2)c1. The van der Waals surface area contributed by atoms with Gasteiger partial charge in [-0.05, 0) is 54.7 Å². The summed E-state index contributed by atoms with van der Waals surface area (Å²) in [5.41, 5.74) is 4.44. The van der Waals surface area contributed by atoms with Gasteiger partial charge in [0.05, 0.1) is 14.2 Å². The Morgan fingerprint density at radius 3 is 2.57 bits per heavy atom. The van der Waals surface area contributed by atoms with Crippen molar-refractivity contribution in [3.8, 4) is 23.0 Å². The molecule has 0 bridgehead atoms. The van der Waals surface area contributed by atoms with Gasteiger partial charge in [0.1, 0.15) is 11.5 Å². The Morgan fingerprint density at radius 1 is 1.03 bits per heavy atom. The van der Waals surface area contributed by atoms with Gasteiger partial charge in [-0.3, -0.25) is 4.79 Å². The number of nitrogens with zero attached hydrogens (tertiary/aromatic N) is 3. The van der Waals surface area contributed by atoms with E-state index in [2.05, 4.69) is 28.3 Å². The van der Waals surface area contributed by atoms with Crippen molar-refractivity contribution in [3.63, 3.8) is 0 Å². The first-order valence-corrected chi connectivity index (χ1v) is 10.1. The Balaban J connectivity index is 1.38. The number of ether oxygens (including phenoxy) is 2. The zero-order valence-electron chi connectivity index (χ0n) is 17.1. The van der Waals surface area contributed by atoms with Crippen molar-refractivity contribution in [2.45, 2.75) is 31.6 Å². The summed E-state index contributed by atoms with van der Waals surface area (Å²) in [5, 5.41) is 4.16. The molecular formula is C23H23N3O4. The molecule has 2 heterocycles. The standard InChI is InChI=1S/C23H23N3O4/c1-28-19-9-16(10-20(12-19)29-2)23-24-22(25-30-23)17-11-21(27)26(13-17)18-7-6-14-4-3-5-15(14)8-18/h6-10,12,17H,3-5,11,13H2,1-2H3. The van der Waals surface area contributed by atoms with Crippen molar-refractivity contribution in [1.29, 1.82) is 0 Å². The second kappa shape index (κ2) is 7.48. The number of carbonyl (C=O) groups excluding carboxylic acids is 1. The number of anilines is 1. The molecule has 1 fully saturated rings. The summed E-state index contributed by atoms with van der Waals surface area (Å²) in [6, 6.07) is 11.8. The van der Waals surface area contributed by atoms with Crippen molar-refractivity contribution in [2.24, 2.45) is 0 Å². The lowest BCUT2D eigenvalue weighted by atomic mass is 10.1. The van der Waals surface area contributed by atoms with Gasteiger partial charge in [-0.1, -0.05) is 11.2 Å². The third kappa shape index (κ3) is 3.30. The van der Waals surface area contributed by atoms with Gasteiger partial charge in [0.2, 0.25) is 5.91 Å². The first-order valence-electron chi connectivity index (χ1n) is 10.1. The molecule has 1 atom stereocenters. The van der Waals surface area contributed by atoms with E-state index >= 15 is 0 Å². The third-order valence-electron chi connectivity index (χ3n) is 5.92. The molecule has 1 amide bonds. The summed E-state index contributed by atoms with van der Waals surface area (Å²) in [7, 11) is 3.19. The maximum atomic E-state index is 12.7. The average molecular weight is 405 g/mol. The van der Waals surface area contributed by atoms with Crippen molar-refractivity contribution < 1.29 is 18.8 Å². The highest BCUT2D eigenvalue weighted by Gasteiger charge is 2.35. The van der Waals surface area contributed by atoms with Crippen LogP contribution < -0.4 is 14.4 Å². The molecule has 3 aromatic rings. The number of hydrogen-bond acceptors (Lipinski definition) is 6. The maximum absolute atomic E-state index is 12.7. The normalized spacial score (nSPS) is 18.0. The number of amides is 1. The van der Waals surface area contributed by atoms with Crippen molar-refractivity contribution in [1.82, 2.24) is 10.1 Å². The highest BCUT2D eigenvalue weighted by atomic mass is 16.5. The van der Waals surface area contributed by atoms with E-state index in [0.29, 0.717) is 41.7 Å². The molecule has 2 aliphatic rings. The molecule has 2 aromatic carbocycles. The van der Waals surface area contributed by atoms with Gasteiger partial charge in [-0.25, -0.2) is 0 Å². The maximum Gasteiger partial charge on any atom is 0.258 e. The summed E-state index contributed by atoms with van der Waals surface area (Å²) in [4.78, 5) is 19.1. The molecule has 0 N–H and O–H groups in total. The van der Waals surface area contributed by atoms with Crippen LogP contribution >= 0.6 is 0 Å². The molecule has 5 rings (SSSR count). The molecule has 154 valence electrons. The number of rotatable bonds is 5. The van der Waals surface area contributed by atoms with Gasteiger partial charge in [0.15, 0.2) is 5.82 Å². The number of fused-ring (bicyclic) bond motifs is 1. The molecular weight excluding hydrogens is 382 g/mol. The van der Waals surface area contributed by atoms with Gasteiger partial charge in [0, 0.05) is 36.2 Å². The van der Waals surface area contributed by atoms with E-state index in [1.165, 1.54) is 17.5 Å². The van der Waals surface area contributed by atoms with E-state index in [0.717, 1.165) is 18.5 Å². The molecule has 1 aliphatic carbocycles. The number of hydrogen-bond donors (Lipinski definition) is 0. The summed E-state index contributed by atoms with van der Waals surface area (Å²) in [6.07, 6.45) is 3.78. The number of benzene rings is 2. The molecule has 1 aromatic heterocycles. The quantitative estimate of drug-likeness (QED) is 0.643. The lowest BCUT2D eigenvalue weighted by Gasteiger charge is -2.17. The van der Waals surface area contributed by atoms with Gasteiger partial charge in [-0.15, -0.1) is 0 Å². The van der Waals surface area contributed by atoms with Crippen LogP contribution in [0, 0.1) is 0 Å². The van der Waals surface area contributed by atoms with Gasteiger partial charge < -0.3 is 18.9 Å². The van der Waals surface area contributed by atoms with Crippen LogP contribution in [-0.2, 0) is 17.6 Å². The lowest BCUT2D eigenvalue weighted by Crippen LogP contribution is -2.24. The highest BCUT2D eigenvalue weighted by Crippen LogP contribution is 2.35. The Kier molecular flexibility index (Phi) is 4.65. The first kappa shape index (κ1) is 18.7. The smallest absolute Gasteiger partial charge is 0.258 e. The number of aromatic nitrogens is 2. The molecule has 0 spiro atoms. The van der Waals surface area contributed by atoms with Gasteiger partial charge >= 0.3 is 0 Å². The first-order chi connectivity index (χ1) is 14.6. The molecule has 30 heavy (non-hydrogen) atoms. The Hall–Kier alpha value is -3.35. The van der Waals surface area contributed by atoms with E-state index in [9.17, 15) is 4.79 Å². The summed E-state index contributed by atoms with van der Waals surface area (Å²) < 4.78 is 16.1. The average Bonchev–Trinajstić information content (AvgIpc) is 3.51. The van der Waals surface area contributed by atoms with E-state index in [4.69, 9.17) is 14.0 Å². The van der Waals surface area contributed by atoms with Gasteiger partial charge in [0.25, 0.3) is 5.89 Å². The van der Waals surface area contributed by atoms with Crippen LogP contribution in [0.1, 0.15) is 35.7 Å². The molecule has 1 saturated heterocycles. The van der Waals surface area contributed by atoms with Gasteiger partial charge in [-0.2, -0.15) is 4.98 Å². The summed E-state index contributed by atoms with van der Waals surface area (Å²) in [6.45, 7) is 0.554. The monoisotopic (exact) mass is 405 g/mol. The van der Waals surface area contributed by atoms with Crippen molar-refractivity contribution >= 4 is 11.6 Å². The molecule has 7 nitrogen and oxygen atoms in total. The second-order valence-electron chi connectivity index (χ2n) is 7.77. The predicted octanol–water partition coefficient (Wildman–Crippen LogP) is 3.76. The fourth-order valence-corrected chi connectivity index (χ4v) is 4.31. The molecule has 1 unspecified atom stereocenters. The Bertz CT molecular complexity index is 1090. The predicted molar refractivity (Wildman–Crippen MR) is 111 cm³/mol. The highest BCUT2D eigenvalue weighted by molar-refractivity contribution is 5.96. The molecule has 0 radical (unpaired) electrons. The minimum absolute atomic E-state index is 0.0901. The zero-order valence-corrected chi connectivity index (χ0v) is 17.1. The fraction of sp³-hybridized carbons (Fsp3) is 0.348. The van der Waals surface area contributed by atoms with E-state index in [-0.39, 0.29) is 11.8 Å². The van der Waals surface area contributed by atoms with Crippen molar-refractivity contribution in [2.75, 3.05) is 25.7 Å². The van der Waals surface area contributed by atoms with Crippen LogP contribution in [-0.4, -0.2) is 36.8 Å². The molecule has 7 heteroatoms. The fourth-order valence-electron chi connectivity index (χ4n) is 4.31. The number of aryl methyl sites for hydroxylation is 2. The number of carbonyl (C=O) groups is 1.